The van der Waals surface area contributed by atoms with E-state index >= 15 is 0 Å². The van der Waals surface area contributed by atoms with Crippen LogP contribution >= 0.6 is 0 Å². The van der Waals surface area contributed by atoms with Gasteiger partial charge in [-0.2, -0.15) is 0 Å². The third kappa shape index (κ3) is 4.04. The molecule has 0 radical (unpaired) electrons. The molecule has 3 unspecified atom stereocenters. The highest BCUT2D eigenvalue weighted by Crippen LogP contribution is 2.21. The highest BCUT2D eigenvalue weighted by atomic mass is 16.5. The van der Waals surface area contributed by atoms with Crippen molar-refractivity contribution in [2.24, 2.45) is 11.7 Å². The van der Waals surface area contributed by atoms with Gasteiger partial charge in [0.15, 0.2) is 0 Å². The van der Waals surface area contributed by atoms with Gasteiger partial charge in [-0.3, -0.25) is 4.90 Å². The van der Waals surface area contributed by atoms with E-state index in [4.69, 9.17) is 10.5 Å². The molecular weight excluding hydrogens is 200 g/mol. The normalized spacial score (nSPS) is 30.0. The minimum atomic E-state index is -0.0349. The molecule has 0 amide bonds. The minimum Gasteiger partial charge on any atom is -0.370 e. The van der Waals surface area contributed by atoms with Gasteiger partial charge in [-0.1, -0.05) is 20.3 Å². The van der Waals surface area contributed by atoms with E-state index in [-0.39, 0.29) is 11.6 Å². The molecule has 0 aromatic heterocycles. The number of nitrogens with two attached hydrogens (primary N) is 1. The highest BCUT2D eigenvalue weighted by molar-refractivity contribution is 4.85. The van der Waals surface area contributed by atoms with E-state index < -0.39 is 0 Å². The van der Waals surface area contributed by atoms with E-state index in [2.05, 4.69) is 39.5 Å². The summed E-state index contributed by atoms with van der Waals surface area (Å²) in [7, 11) is 0. The Morgan fingerprint density at radius 1 is 1.50 bits per heavy atom. The maximum atomic E-state index is 6.21. The zero-order valence-electron chi connectivity index (χ0n) is 11.5. The van der Waals surface area contributed by atoms with E-state index in [1.54, 1.807) is 0 Å². The molecule has 0 aliphatic carbocycles. The molecule has 3 heteroatoms. The van der Waals surface area contributed by atoms with Crippen LogP contribution in [0.15, 0.2) is 0 Å². The molecule has 0 aromatic carbocycles. The quantitative estimate of drug-likeness (QED) is 0.798. The largest absolute Gasteiger partial charge is 0.370 e. The molecule has 1 aliphatic heterocycles. The van der Waals surface area contributed by atoms with E-state index in [1.807, 2.05) is 0 Å². The molecule has 16 heavy (non-hydrogen) atoms. The Bertz CT molecular complexity index is 218. The van der Waals surface area contributed by atoms with Crippen molar-refractivity contribution < 1.29 is 4.74 Å². The molecular formula is C13H28N2O. The van der Waals surface area contributed by atoms with Gasteiger partial charge in [-0.15, -0.1) is 0 Å². The summed E-state index contributed by atoms with van der Waals surface area (Å²) in [6.07, 6.45) is 1.47. The lowest BCUT2D eigenvalue weighted by Crippen LogP contribution is -2.55. The first-order valence-electron chi connectivity index (χ1n) is 6.50. The summed E-state index contributed by atoms with van der Waals surface area (Å²) >= 11 is 0. The standard InChI is InChI=1S/C13H28N2O/c1-6-10(2)12(14)8-15-7-11(3)16-13(4,5)9-15/h10-12H,6-9,14H2,1-5H3. The van der Waals surface area contributed by atoms with Crippen LogP contribution in [0.3, 0.4) is 0 Å². The van der Waals surface area contributed by atoms with E-state index in [1.165, 1.54) is 0 Å². The van der Waals surface area contributed by atoms with Crippen LogP contribution in [0, 0.1) is 5.92 Å². The van der Waals surface area contributed by atoms with Gasteiger partial charge >= 0.3 is 0 Å². The van der Waals surface area contributed by atoms with Gasteiger partial charge in [-0.25, -0.2) is 0 Å². The highest BCUT2D eigenvalue weighted by Gasteiger charge is 2.32. The van der Waals surface area contributed by atoms with Gasteiger partial charge in [0, 0.05) is 25.7 Å². The molecule has 0 spiro atoms. The van der Waals surface area contributed by atoms with Crippen LogP contribution in [-0.4, -0.2) is 42.3 Å². The lowest BCUT2D eigenvalue weighted by molar-refractivity contribution is -0.130. The van der Waals surface area contributed by atoms with E-state index in [9.17, 15) is 0 Å². The minimum absolute atomic E-state index is 0.0349. The Morgan fingerprint density at radius 3 is 2.62 bits per heavy atom. The smallest absolute Gasteiger partial charge is 0.0757 e. The average molecular weight is 228 g/mol. The Morgan fingerprint density at radius 2 is 2.12 bits per heavy atom. The summed E-state index contributed by atoms with van der Waals surface area (Å²) in [5.41, 5.74) is 6.18. The van der Waals surface area contributed by atoms with Crippen molar-refractivity contribution in [2.45, 2.75) is 58.8 Å². The van der Waals surface area contributed by atoms with Crippen molar-refractivity contribution in [3.05, 3.63) is 0 Å². The summed E-state index contributed by atoms with van der Waals surface area (Å²) in [5, 5.41) is 0. The Hall–Kier alpha value is -0.120. The molecule has 1 heterocycles. The number of hydrogen-bond acceptors (Lipinski definition) is 3. The molecule has 3 nitrogen and oxygen atoms in total. The van der Waals surface area contributed by atoms with Crippen molar-refractivity contribution >= 4 is 0 Å². The van der Waals surface area contributed by atoms with Gasteiger partial charge in [0.1, 0.15) is 0 Å². The number of morpholine rings is 1. The second kappa shape index (κ2) is 5.48. The summed E-state index contributed by atoms with van der Waals surface area (Å²) in [6, 6.07) is 0.283. The summed E-state index contributed by atoms with van der Waals surface area (Å²) in [4.78, 5) is 2.45. The van der Waals surface area contributed by atoms with Crippen molar-refractivity contribution in [3.63, 3.8) is 0 Å². The predicted molar refractivity (Wildman–Crippen MR) is 68.5 cm³/mol. The number of hydrogen-bond donors (Lipinski definition) is 1. The first-order chi connectivity index (χ1) is 7.34. The van der Waals surface area contributed by atoms with Crippen molar-refractivity contribution in [1.82, 2.24) is 4.90 Å². The summed E-state index contributed by atoms with van der Waals surface area (Å²) in [5.74, 6) is 0.598. The Kier molecular flexibility index (Phi) is 4.77. The molecule has 1 fully saturated rings. The van der Waals surface area contributed by atoms with Crippen molar-refractivity contribution in [2.75, 3.05) is 19.6 Å². The molecule has 3 atom stereocenters. The van der Waals surface area contributed by atoms with Crippen molar-refractivity contribution in [3.8, 4) is 0 Å². The topological polar surface area (TPSA) is 38.5 Å². The fraction of sp³-hybridized carbons (Fsp3) is 1.00. The second-order valence-corrected chi connectivity index (χ2v) is 5.93. The fourth-order valence-corrected chi connectivity index (χ4v) is 2.51. The van der Waals surface area contributed by atoms with Crippen LogP contribution in [-0.2, 0) is 4.74 Å². The van der Waals surface area contributed by atoms with Crippen LogP contribution in [0.1, 0.15) is 41.0 Å². The van der Waals surface area contributed by atoms with Crippen LogP contribution < -0.4 is 5.73 Å². The molecule has 1 saturated heterocycles. The zero-order valence-corrected chi connectivity index (χ0v) is 11.5. The molecule has 96 valence electrons. The fourth-order valence-electron chi connectivity index (χ4n) is 2.51. The molecule has 1 aliphatic rings. The first kappa shape index (κ1) is 13.9. The average Bonchev–Trinajstić information content (AvgIpc) is 2.12. The van der Waals surface area contributed by atoms with Gasteiger partial charge in [-0.05, 0) is 26.7 Å². The first-order valence-corrected chi connectivity index (χ1v) is 6.50. The lowest BCUT2D eigenvalue weighted by atomic mass is 9.98. The van der Waals surface area contributed by atoms with Crippen LogP contribution in [0.25, 0.3) is 0 Å². The number of nitrogens with zero attached hydrogens (tertiary/aromatic N) is 1. The zero-order chi connectivity index (χ0) is 12.3. The number of ether oxygens (including phenoxy) is 1. The summed E-state index contributed by atoms with van der Waals surface area (Å²) < 4.78 is 5.89. The molecule has 2 N–H and O–H groups in total. The number of rotatable bonds is 4. The van der Waals surface area contributed by atoms with Gasteiger partial charge in [0.25, 0.3) is 0 Å². The second-order valence-electron chi connectivity index (χ2n) is 5.93. The maximum absolute atomic E-state index is 6.21. The molecule has 0 aromatic rings. The Balaban J connectivity index is 2.48. The van der Waals surface area contributed by atoms with Gasteiger partial charge in [0.2, 0.25) is 0 Å². The lowest BCUT2D eigenvalue weighted by Gasteiger charge is -2.43. The Labute approximate surface area is 100 Å². The third-order valence-electron chi connectivity index (χ3n) is 3.48. The molecule has 1 rings (SSSR count). The SMILES string of the molecule is CCC(C)C(N)CN1CC(C)OC(C)(C)C1. The van der Waals surface area contributed by atoms with E-state index in [0.29, 0.717) is 12.0 Å². The van der Waals surface area contributed by atoms with Gasteiger partial charge < -0.3 is 10.5 Å². The summed E-state index contributed by atoms with van der Waals surface area (Å²) in [6.45, 7) is 13.9. The van der Waals surface area contributed by atoms with Crippen molar-refractivity contribution in [1.29, 1.82) is 0 Å². The van der Waals surface area contributed by atoms with Crippen LogP contribution in [0.4, 0.5) is 0 Å². The third-order valence-corrected chi connectivity index (χ3v) is 3.48. The van der Waals surface area contributed by atoms with Crippen LogP contribution in [0.5, 0.6) is 0 Å². The predicted octanol–water partition coefficient (Wildman–Crippen LogP) is 1.86. The van der Waals surface area contributed by atoms with E-state index in [0.717, 1.165) is 26.1 Å². The van der Waals surface area contributed by atoms with Crippen LogP contribution in [0.2, 0.25) is 0 Å². The molecule has 0 bridgehead atoms. The monoisotopic (exact) mass is 228 g/mol. The molecule has 0 saturated carbocycles. The van der Waals surface area contributed by atoms with Gasteiger partial charge in [0.05, 0.1) is 11.7 Å². The maximum Gasteiger partial charge on any atom is 0.0757 e.